The number of hydrogen-bond acceptors (Lipinski definition) is 2. The minimum atomic E-state index is -4.11. The predicted molar refractivity (Wildman–Crippen MR) is 101 cm³/mol. The first-order valence-electron chi connectivity index (χ1n) is 9.03. The lowest BCUT2D eigenvalue weighted by Gasteiger charge is -2.30. The van der Waals surface area contributed by atoms with Gasteiger partial charge in [-0.3, -0.25) is 0 Å². The quantitative estimate of drug-likeness (QED) is 0.250. The second-order valence-corrected chi connectivity index (χ2v) is 10.5. The van der Waals surface area contributed by atoms with Crippen molar-refractivity contribution in [1.29, 1.82) is 0 Å². The van der Waals surface area contributed by atoms with Crippen LogP contribution in [0, 0.1) is 5.92 Å². The van der Waals surface area contributed by atoms with Gasteiger partial charge in [0.1, 0.15) is 5.25 Å². The highest BCUT2D eigenvalue weighted by molar-refractivity contribution is 8.77. The summed E-state index contributed by atoms with van der Waals surface area (Å²) < 4.78 is 40.6. The van der Waals surface area contributed by atoms with Crippen molar-refractivity contribution in [2.24, 2.45) is 5.92 Å². The fourth-order valence-electron chi connectivity index (χ4n) is 2.53. The fourth-order valence-corrected chi connectivity index (χ4v) is 5.44. The van der Waals surface area contributed by atoms with Gasteiger partial charge in [-0.25, -0.2) is 0 Å². The average molecular weight is 373 g/mol. The molecule has 0 saturated heterocycles. The molecule has 0 aromatic rings. The van der Waals surface area contributed by atoms with Gasteiger partial charge in [-0.05, 0) is 18.8 Å². The zero-order valence-corrected chi connectivity index (χ0v) is 17.1. The first kappa shape index (κ1) is 23.5. The molecule has 23 heavy (non-hydrogen) atoms. The summed E-state index contributed by atoms with van der Waals surface area (Å²) in [5, 5.41) is -1.23. The van der Waals surface area contributed by atoms with Crippen LogP contribution in [0.5, 0.6) is 0 Å². The van der Waals surface area contributed by atoms with E-state index in [2.05, 4.69) is 13.8 Å². The van der Waals surface area contributed by atoms with Crippen LogP contribution in [0.4, 0.5) is 13.2 Å². The summed E-state index contributed by atoms with van der Waals surface area (Å²) in [6.45, 7) is 10.2. The van der Waals surface area contributed by atoms with Crippen LogP contribution in [0.3, 0.4) is 0 Å². The molecule has 0 radical (unpaired) electrons. The van der Waals surface area contributed by atoms with E-state index in [-0.39, 0.29) is 10.7 Å². The highest BCUT2D eigenvalue weighted by atomic mass is 33.1. The Morgan fingerprint density at radius 1 is 0.783 bits per heavy atom. The standard InChI is InChI=1S/C18H35F3S2/c1-6-8-10-12-14-15(13-11-9-7-2)16(18(19,20)21)22-23-17(3,4)5/h15-16H,6-14H2,1-5H3. The minimum absolute atomic E-state index is 0.148. The molecule has 0 fully saturated rings. The van der Waals surface area contributed by atoms with E-state index in [1.54, 1.807) is 0 Å². The van der Waals surface area contributed by atoms with Gasteiger partial charge in [0.2, 0.25) is 0 Å². The van der Waals surface area contributed by atoms with E-state index in [1.807, 2.05) is 20.8 Å². The lowest BCUT2D eigenvalue weighted by molar-refractivity contribution is -0.138. The van der Waals surface area contributed by atoms with Crippen LogP contribution in [0.1, 0.15) is 92.4 Å². The minimum Gasteiger partial charge on any atom is -0.170 e. The second-order valence-electron chi connectivity index (χ2n) is 7.36. The zero-order valence-electron chi connectivity index (χ0n) is 15.5. The Kier molecular flexibility index (Phi) is 12.2. The van der Waals surface area contributed by atoms with Crippen LogP contribution in [0.2, 0.25) is 0 Å². The molecule has 0 heterocycles. The summed E-state index contributed by atoms with van der Waals surface area (Å²) in [5.74, 6) is -0.238. The van der Waals surface area contributed by atoms with Crippen molar-refractivity contribution in [3.63, 3.8) is 0 Å². The third-order valence-electron chi connectivity index (χ3n) is 3.76. The summed E-state index contributed by atoms with van der Waals surface area (Å²) >= 11 is 0. The summed E-state index contributed by atoms with van der Waals surface area (Å²) in [6, 6.07) is 0. The molecule has 0 bridgehead atoms. The van der Waals surface area contributed by atoms with E-state index in [1.165, 1.54) is 10.8 Å². The van der Waals surface area contributed by atoms with Crippen molar-refractivity contribution in [3.05, 3.63) is 0 Å². The number of halogens is 3. The van der Waals surface area contributed by atoms with Gasteiger partial charge in [-0.15, -0.1) is 0 Å². The highest BCUT2D eigenvalue weighted by Gasteiger charge is 2.45. The molecular formula is C18H35F3S2. The number of rotatable bonds is 12. The maximum atomic E-state index is 13.6. The Hall–Kier alpha value is 0.490. The molecule has 0 rings (SSSR count). The van der Waals surface area contributed by atoms with Gasteiger partial charge in [-0.1, -0.05) is 101 Å². The van der Waals surface area contributed by atoms with Gasteiger partial charge in [0, 0.05) is 4.75 Å². The largest absolute Gasteiger partial charge is 0.401 e. The molecule has 140 valence electrons. The molecule has 2 unspecified atom stereocenters. The topological polar surface area (TPSA) is 0 Å². The normalized spacial score (nSPS) is 15.7. The van der Waals surface area contributed by atoms with Gasteiger partial charge in [0.25, 0.3) is 0 Å². The van der Waals surface area contributed by atoms with Crippen molar-refractivity contribution in [3.8, 4) is 0 Å². The Balaban J connectivity index is 4.81. The second kappa shape index (κ2) is 11.9. The number of alkyl halides is 3. The van der Waals surface area contributed by atoms with Crippen LogP contribution in [-0.4, -0.2) is 16.2 Å². The van der Waals surface area contributed by atoms with Crippen molar-refractivity contribution < 1.29 is 13.2 Å². The maximum absolute atomic E-state index is 13.6. The van der Waals surface area contributed by atoms with Crippen LogP contribution in [0.25, 0.3) is 0 Å². The van der Waals surface area contributed by atoms with Crippen molar-refractivity contribution >= 4 is 21.6 Å². The van der Waals surface area contributed by atoms with Gasteiger partial charge in [-0.2, -0.15) is 13.2 Å². The SMILES string of the molecule is CCCCCCC(CCCCC)C(SSC(C)(C)C)C(F)(F)F. The van der Waals surface area contributed by atoms with E-state index in [0.29, 0.717) is 12.8 Å². The van der Waals surface area contributed by atoms with Gasteiger partial charge in [0.15, 0.2) is 0 Å². The summed E-state index contributed by atoms with van der Waals surface area (Å²) in [6.07, 6.45) is 4.57. The van der Waals surface area contributed by atoms with Crippen LogP contribution < -0.4 is 0 Å². The number of unbranched alkanes of at least 4 members (excludes halogenated alkanes) is 5. The van der Waals surface area contributed by atoms with Crippen LogP contribution in [-0.2, 0) is 0 Å². The van der Waals surface area contributed by atoms with Gasteiger partial charge < -0.3 is 0 Å². The summed E-state index contributed by atoms with van der Waals surface area (Å²) in [4.78, 5) is 0. The third-order valence-corrected chi connectivity index (χ3v) is 7.63. The molecule has 0 aromatic heterocycles. The molecule has 0 saturated carbocycles. The lowest BCUT2D eigenvalue weighted by Crippen LogP contribution is -2.33. The van der Waals surface area contributed by atoms with E-state index >= 15 is 0 Å². The van der Waals surface area contributed by atoms with Crippen LogP contribution >= 0.6 is 21.6 Å². The molecule has 5 heteroatoms. The Bertz CT molecular complexity index is 285. The Labute approximate surface area is 149 Å². The molecule has 0 aliphatic heterocycles. The molecule has 0 aliphatic carbocycles. The Morgan fingerprint density at radius 3 is 1.70 bits per heavy atom. The molecule has 0 spiro atoms. The fraction of sp³-hybridized carbons (Fsp3) is 1.00. The molecule has 0 aliphatic rings. The smallest absolute Gasteiger partial charge is 0.170 e. The first-order valence-corrected chi connectivity index (χ1v) is 11.2. The number of hydrogen-bond donors (Lipinski definition) is 0. The van der Waals surface area contributed by atoms with E-state index in [4.69, 9.17) is 0 Å². The summed E-state index contributed by atoms with van der Waals surface area (Å²) in [7, 11) is 2.43. The lowest BCUT2D eigenvalue weighted by atomic mass is 9.91. The monoisotopic (exact) mass is 372 g/mol. The maximum Gasteiger partial charge on any atom is 0.401 e. The van der Waals surface area contributed by atoms with Crippen LogP contribution in [0.15, 0.2) is 0 Å². The van der Waals surface area contributed by atoms with Crippen molar-refractivity contribution in [1.82, 2.24) is 0 Å². The van der Waals surface area contributed by atoms with Gasteiger partial charge >= 0.3 is 6.18 Å². The Morgan fingerprint density at radius 2 is 1.26 bits per heavy atom. The molecule has 0 amide bonds. The van der Waals surface area contributed by atoms with E-state index < -0.39 is 11.4 Å². The van der Waals surface area contributed by atoms with Crippen molar-refractivity contribution in [2.45, 2.75) is 109 Å². The average Bonchev–Trinajstić information content (AvgIpc) is 2.40. The van der Waals surface area contributed by atoms with E-state index in [9.17, 15) is 13.2 Å². The molecule has 0 aromatic carbocycles. The van der Waals surface area contributed by atoms with Crippen molar-refractivity contribution in [2.75, 3.05) is 0 Å². The summed E-state index contributed by atoms with van der Waals surface area (Å²) in [5.41, 5.74) is 0. The third kappa shape index (κ3) is 12.5. The zero-order chi connectivity index (χ0) is 17.9. The van der Waals surface area contributed by atoms with E-state index in [0.717, 1.165) is 55.7 Å². The molecule has 2 atom stereocenters. The predicted octanol–water partition coefficient (Wildman–Crippen LogP) is 8.26. The molecule has 0 nitrogen and oxygen atoms in total. The highest BCUT2D eigenvalue weighted by Crippen LogP contribution is 2.48. The first-order chi connectivity index (χ1) is 10.6. The van der Waals surface area contributed by atoms with Gasteiger partial charge in [0.05, 0.1) is 0 Å². The molecule has 0 N–H and O–H groups in total. The molecular weight excluding hydrogens is 337 g/mol.